The van der Waals surface area contributed by atoms with Crippen molar-refractivity contribution in [2.24, 2.45) is 0 Å². The van der Waals surface area contributed by atoms with Gasteiger partial charge in [-0.3, -0.25) is 0 Å². The van der Waals surface area contributed by atoms with Crippen LogP contribution in [0.3, 0.4) is 0 Å². The second kappa shape index (κ2) is 8.68. The molecule has 34 heavy (non-hydrogen) atoms. The molecule has 0 aliphatic heterocycles. The highest BCUT2D eigenvalue weighted by molar-refractivity contribution is 5.96. The Kier molecular flexibility index (Phi) is 6.03. The number of alkyl halides is 3. The minimum atomic E-state index is -4.87. The summed E-state index contributed by atoms with van der Waals surface area (Å²) in [6.07, 6.45) is -4.34. The lowest BCUT2D eigenvalue weighted by Gasteiger charge is -2.26. The van der Waals surface area contributed by atoms with Crippen LogP contribution in [0.25, 0.3) is 22.0 Å². The Morgan fingerprint density at radius 1 is 1.03 bits per heavy atom. The summed E-state index contributed by atoms with van der Waals surface area (Å²) in [5.41, 5.74) is -0.484. The molecule has 0 bridgehead atoms. The summed E-state index contributed by atoms with van der Waals surface area (Å²) >= 11 is 0. The Hall–Kier alpha value is -3.53. The highest BCUT2D eigenvalue weighted by atomic mass is 19.4. The fourth-order valence-electron chi connectivity index (χ4n) is 3.73. The summed E-state index contributed by atoms with van der Waals surface area (Å²) in [6.45, 7) is 1.38. The second-order valence-electron chi connectivity index (χ2n) is 8.29. The number of aliphatic hydroxyl groups is 1. The SMILES string of the molecule is CC[C@](O)(c1cn(Cc2ccc3c(-c4ccc(F)cc4)cc(N(C)C)nc3c2)nn1)C(F)(F)F. The molecule has 0 saturated carbocycles. The van der Waals surface area contributed by atoms with Gasteiger partial charge in [0.2, 0.25) is 5.60 Å². The van der Waals surface area contributed by atoms with E-state index in [1.807, 2.05) is 43.3 Å². The lowest BCUT2D eigenvalue weighted by molar-refractivity contribution is -0.269. The second-order valence-corrected chi connectivity index (χ2v) is 8.29. The van der Waals surface area contributed by atoms with Crippen LogP contribution in [0.4, 0.5) is 23.4 Å². The van der Waals surface area contributed by atoms with Crippen LogP contribution in [0.5, 0.6) is 0 Å². The van der Waals surface area contributed by atoms with Crippen molar-refractivity contribution >= 4 is 16.7 Å². The molecule has 6 nitrogen and oxygen atoms in total. The molecule has 10 heteroatoms. The maximum absolute atomic E-state index is 13.4. The molecule has 1 atom stereocenters. The van der Waals surface area contributed by atoms with Gasteiger partial charge in [-0.15, -0.1) is 5.10 Å². The van der Waals surface area contributed by atoms with E-state index in [2.05, 4.69) is 15.3 Å². The van der Waals surface area contributed by atoms with Crippen LogP contribution in [0.15, 0.2) is 54.7 Å². The van der Waals surface area contributed by atoms with Crippen molar-refractivity contribution in [3.8, 4) is 11.1 Å². The summed E-state index contributed by atoms with van der Waals surface area (Å²) in [6, 6.07) is 13.6. The van der Waals surface area contributed by atoms with Gasteiger partial charge in [0.15, 0.2) is 0 Å². The van der Waals surface area contributed by atoms with Gasteiger partial charge in [0.05, 0.1) is 18.3 Å². The summed E-state index contributed by atoms with van der Waals surface area (Å²) in [4.78, 5) is 6.54. The van der Waals surface area contributed by atoms with Gasteiger partial charge in [-0.2, -0.15) is 13.2 Å². The van der Waals surface area contributed by atoms with E-state index in [-0.39, 0.29) is 12.4 Å². The van der Waals surface area contributed by atoms with Crippen molar-refractivity contribution in [2.45, 2.75) is 31.7 Å². The number of hydrogen-bond acceptors (Lipinski definition) is 5. The Labute approximate surface area is 193 Å². The Morgan fingerprint density at radius 3 is 2.35 bits per heavy atom. The van der Waals surface area contributed by atoms with Gasteiger partial charge in [0, 0.05) is 19.5 Å². The summed E-state index contributed by atoms with van der Waals surface area (Å²) in [5.74, 6) is 0.370. The average Bonchev–Trinajstić information content (AvgIpc) is 3.26. The molecule has 178 valence electrons. The van der Waals surface area contributed by atoms with Crippen LogP contribution in [0, 0.1) is 5.82 Å². The van der Waals surface area contributed by atoms with Crippen LogP contribution in [0.2, 0.25) is 0 Å². The van der Waals surface area contributed by atoms with Crippen LogP contribution >= 0.6 is 0 Å². The van der Waals surface area contributed by atoms with Crippen molar-refractivity contribution in [3.05, 3.63) is 71.8 Å². The zero-order valence-corrected chi connectivity index (χ0v) is 18.8. The van der Waals surface area contributed by atoms with Crippen molar-refractivity contribution in [1.29, 1.82) is 0 Å². The third kappa shape index (κ3) is 4.33. The van der Waals surface area contributed by atoms with Gasteiger partial charge in [-0.25, -0.2) is 14.1 Å². The average molecular weight is 473 g/mol. The van der Waals surface area contributed by atoms with Crippen LogP contribution in [-0.4, -0.2) is 45.4 Å². The lowest BCUT2D eigenvalue weighted by atomic mass is 9.96. The van der Waals surface area contributed by atoms with Gasteiger partial charge >= 0.3 is 6.18 Å². The summed E-state index contributed by atoms with van der Waals surface area (Å²) in [7, 11) is 3.72. The van der Waals surface area contributed by atoms with Gasteiger partial charge in [-0.1, -0.05) is 36.4 Å². The first-order chi connectivity index (χ1) is 16.0. The van der Waals surface area contributed by atoms with E-state index < -0.39 is 23.9 Å². The predicted octanol–water partition coefficient (Wildman–Crippen LogP) is 4.91. The number of benzene rings is 2. The minimum Gasteiger partial charge on any atom is -0.375 e. The highest BCUT2D eigenvalue weighted by Crippen LogP contribution is 2.40. The zero-order valence-electron chi connectivity index (χ0n) is 18.8. The largest absolute Gasteiger partial charge is 0.423 e. The van der Waals surface area contributed by atoms with Crippen LogP contribution in [0.1, 0.15) is 24.6 Å². The van der Waals surface area contributed by atoms with E-state index >= 15 is 0 Å². The molecule has 0 aliphatic rings. The first-order valence-electron chi connectivity index (χ1n) is 10.6. The molecule has 4 aromatic rings. The molecule has 0 radical (unpaired) electrons. The smallest absolute Gasteiger partial charge is 0.375 e. The summed E-state index contributed by atoms with van der Waals surface area (Å²) in [5, 5.41) is 18.3. The molecule has 0 amide bonds. The number of rotatable bonds is 6. The van der Waals surface area contributed by atoms with E-state index in [9.17, 15) is 22.7 Å². The van der Waals surface area contributed by atoms with E-state index in [0.717, 1.165) is 28.3 Å². The normalized spacial score (nSPS) is 13.8. The summed E-state index contributed by atoms with van der Waals surface area (Å²) < 4.78 is 54.7. The highest BCUT2D eigenvalue weighted by Gasteiger charge is 2.55. The fraction of sp³-hybridized carbons (Fsp3) is 0.292. The number of pyridine rings is 1. The first-order valence-corrected chi connectivity index (χ1v) is 10.6. The predicted molar refractivity (Wildman–Crippen MR) is 121 cm³/mol. The zero-order chi connectivity index (χ0) is 24.7. The van der Waals surface area contributed by atoms with E-state index in [0.29, 0.717) is 11.3 Å². The van der Waals surface area contributed by atoms with Crippen molar-refractivity contribution in [2.75, 3.05) is 19.0 Å². The first kappa shape index (κ1) is 23.6. The topological polar surface area (TPSA) is 67.1 Å². The number of aromatic nitrogens is 4. The van der Waals surface area contributed by atoms with Gasteiger partial charge < -0.3 is 10.0 Å². The minimum absolute atomic E-state index is 0.139. The number of fused-ring (bicyclic) bond motifs is 1. The molecular formula is C24H23F4N5O. The molecule has 1 N–H and O–H groups in total. The van der Waals surface area contributed by atoms with Crippen LogP contribution < -0.4 is 4.90 Å². The quantitative estimate of drug-likeness (QED) is 0.403. The maximum Gasteiger partial charge on any atom is 0.423 e. The Morgan fingerprint density at radius 2 is 1.74 bits per heavy atom. The standard InChI is InChI=1S/C24H23F4N5O/c1-4-23(34,24(26,27)28)21-14-33(31-30-21)13-15-5-10-18-19(16-6-8-17(25)9-7-16)12-22(32(2)3)29-20(18)11-15/h5-12,14,34H,4,13H2,1-3H3/t23-/m0/s1. The fourth-order valence-corrected chi connectivity index (χ4v) is 3.73. The van der Waals surface area contributed by atoms with E-state index in [1.165, 1.54) is 23.7 Å². The third-order valence-corrected chi connectivity index (χ3v) is 5.76. The molecule has 0 aliphatic carbocycles. The monoisotopic (exact) mass is 473 g/mol. The lowest BCUT2D eigenvalue weighted by Crippen LogP contribution is -2.42. The maximum atomic E-state index is 13.4. The van der Waals surface area contributed by atoms with E-state index in [4.69, 9.17) is 0 Å². The Balaban J connectivity index is 1.72. The number of halogens is 4. The number of hydrogen-bond donors (Lipinski definition) is 1. The molecular weight excluding hydrogens is 450 g/mol. The van der Waals surface area contributed by atoms with Gasteiger partial charge in [-0.05, 0) is 47.4 Å². The molecule has 0 fully saturated rings. The number of anilines is 1. The molecule has 2 aromatic heterocycles. The molecule has 0 saturated heterocycles. The number of nitrogens with zero attached hydrogens (tertiary/aromatic N) is 5. The molecule has 0 unspecified atom stereocenters. The van der Waals surface area contributed by atoms with Crippen molar-refractivity contribution < 1.29 is 22.7 Å². The van der Waals surface area contributed by atoms with Crippen molar-refractivity contribution in [3.63, 3.8) is 0 Å². The van der Waals surface area contributed by atoms with E-state index in [1.54, 1.807) is 12.1 Å². The van der Waals surface area contributed by atoms with Crippen molar-refractivity contribution in [1.82, 2.24) is 20.0 Å². The molecule has 2 heterocycles. The Bertz CT molecular complexity index is 1320. The molecule has 0 spiro atoms. The van der Waals surface area contributed by atoms with Gasteiger partial charge in [0.25, 0.3) is 0 Å². The molecule has 2 aromatic carbocycles. The molecule has 4 rings (SSSR count). The van der Waals surface area contributed by atoms with Gasteiger partial charge in [0.1, 0.15) is 17.3 Å². The third-order valence-electron chi connectivity index (χ3n) is 5.76. The van der Waals surface area contributed by atoms with Crippen LogP contribution in [-0.2, 0) is 12.1 Å².